The van der Waals surface area contributed by atoms with Gasteiger partial charge in [-0.15, -0.1) is 11.3 Å². The molecule has 0 bridgehead atoms. The zero-order valence-electron chi connectivity index (χ0n) is 12.1. The molecule has 0 aliphatic heterocycles. The Morgan fingerprint density at radius 1 is 1.44 bits per heavy atom. The minimum absolute atomic E-state index is 0.268. The standard InChI is InChI=1S/C15H26N2S/c1-10-5-6-12(13(16)7-10)15(3,4)8-14-17-11(2)9-18-14/h9-10,12-13H,5-8,16H2,1-4H3. The van der Waals surface area contributed by atoms with Crippen LogP contribution in [0.15, 0.2) is 5.38 Å². The van der Waals surface area contributed by atoms with Gasteiger partial charge in [0.15, 0.2) is 0 Å². The molecule has 0 spiro atoms. The van der Waals surface area contributed by atoms with E-state index in [9.17, 15) is 0 Å². The Morgan fingerprint density at radius 3 is 2.72 bits per heavy atom. The molecule has 3 heteroatoms. The second-order valence-electron chi connectivity index (χ2n) is 6.74. The molecule has 2 rings (SSSR count). The van der Waals surface area contributed by atoms with E-state index in [2.05, 4.69) is 38.1 Å². The van der Waals surface area contributed by atoms with E-state index in [0.29, 0.717) is 12.0 Å². The molecule has 3 unspecified atom stereocenters. The molecular formula is C15H26N2S. The fourth-order valence-corrected chi connectivity index (χ4v) is 4.41. The first kappa shape index (κ1) is 14.0. The summed E-state index contributed by atoms with van der Waals surface area (Å²) >= 11 is 1.79. The molecule has 1 saturated carbocycles. The summed E-state index contributed by atoms with van der Waals surface area (Å²) < 4.78 is 0. The summed E-state index contributed by atoms with van der Waals surface area (Å²) in [5.74, 6) is 1.44. The van der Waals surface area contributed by atoms with Gasteiger partial charge in [-0.05, 0) is 37.0 Å². The van der Waals surface area contributed by atoms with Gasteiger partial charge in [-0.3, -0.25) is 0 Å². The second-order valence-corrected chi connectivity index (χ2v) is 7.68. The third-order valence-electron chi connectivity index (χ3n) is 4.44. The van der Waals surface area contributed by atoms with Crippen LogP contribution in [-0.2, 0) is 6.42 Å². The number of rotatable bonds is 3. The third kappa shape index (κ3) is 3.12. The highest BCUT2D eigenvalue weighted by Crippen LogP contribution is 2.41. The largest absolute Gasteiger partial charge is 0.327 e. The quantitative estimate of drug-likeness (QED) is 0.904. The van der Waals surface area contributed by atoms with Crippen molar-refractivity contribution in [3.63, 3.8) is 0 Å². The molecule has 1 fully saturated rings. The van der Waals surface area contributed by atoms with Gasteiger partial charge in [-0.2, -0.15) is 0 Å². The fraction of sp³-hybridized carbons (Fsp3) is 0.800. The monoisotopic (exact) mass is 266 g/mol. The molecule has 1 aliphatic carbocycles. The Kier molecular flexibility index (Phi) is 4.12. The van der Waals surface area contributed by atoms with Crippen molar-refractivity contribution in [2.75, 3.05) is 0 Å². The maximum absolute atomic E-state index is 6.40. The fourth-order valence-electron chi connectivity index (χ4n) is 3.40. The van der Waals surface area contributed by atoms with Gasteiger partial charge in [-0.25, -0.2) is 4.98 Å². The maximum atomic E-state index is 6.40. The third-order valence-corrected chi connectivity index (χ3v) is 5.41. The van der Waals surface area contributed by atoms with Crippen molar-refractivity contribution in [3.8, 4) is 0 Å². The van der Waals surface area contributed by atoms with E-state index >= 15 is 0 Å². The first-order chi connectivity index (χ1) is 8.38. The molecule has 0 amide bonds. The van der Waals surface area contributed by atoms with Crippen molar-refractivity contribution >= 4 is 11.3 Å². The minimum atomic E-state index is 0.268. The molecule has 2 N–H and O–H groups in total. The lowest BCUT2D eigenvalue weighted by Crippen LogP contribution is -2.44. The number of nitrogens with zero attached hydrogens (tertiary/aromatic N) is 1. The lowest BCUT2D eigenvalue weighted by molar-refractivity contribution is 0.113. The smallest absolute Gasteiger partial charge is 0.0933 e. The van der Waals surface area contributed by atoms with Crippen molar-refractivity contribution in [2.45, 2.75) is 59.4 Å². The van der Waals surface area contributed by atoms with Crippen LogP contribution in [0.3, 0.4) is 0 Å². The summed E-state index contributed by atoms with van der Waals surface area (Å²) in [4.78, 5) is 4.61. The van der Waals surface area contributed by atoms with Crippen LogP contribution in [-0.4, -0.2) is 11.0 Å². The van der Waals surface area contributed by atoms with Gasteiger partial charge >= 0.3 is 0 Å². The van der Waals surface area contributed by atoms with E-state index in [-0.39, 0.29) is 5.41 Å². The van der Waals surface area contributed by atoms with Gasteiger partial charge < -0.3 is 5.73 Å². The minimum Gasteiger partial charge on any atom is -0.327 e. The first-order valence-electron chi connectivity index (χ1n) is 7.05. The topological polar surface area (TPSA) is 38.9 Å². The van der Waals surface area contributed by atoms with Crippen LogP contribution in [0, 0.1) is 24.2 Å². The molecule has 1 aliphatic rings. The number of aryl methyl sites for hydroxylation is 1. The number of hydrogen-bond acceptors (Lipinski definition) is 3. The van der Waals surface area contributed by atoms with Crippen LogP contribution in [0.2, 0.25) is 0 Å². The zero-order chi connectivity index (χ0) is 13.3. The van der Waals surface area contributed by atoms with Crippen LogP contribution in [0.1, 0.15) is 50.7 Å². The van der Waals surface area contributed by atoms with E-state index in [0.717, 1.165) is 18.0 Å². The number of hydrogen-bond donors (Lipinski definition) is 1. The van der Waals surface area contributed by atoms with Crippen molar-refractivity contribution in [2.24, 2.45) is 23.0 Å². The van der Waals surface area contributed by atoms with Gasteiger partial charge in [0.05, 0.1) is 5.01 Å². The average Bonchev–Trinajstić information content (AvgIpc) is 2.62. The molecular weight excluding hydrogens is 240 g/mol. The predicted molar refractivity (Wildman–Crippen MR) is 78.8 cm³/mol. The van der Waals surface area contributed by atoms with Gasteiger partial charge in [0.25, 0.3) is 0 Å². The van der Waals surface area contributed by atoms with Crippen molar-refractivity contribution in [1.29, 1.82) is 0 Å². The van der Waals surface area contributed by atoms with Crippen molar-refractivity contribution in [3.05, 3.63) is 16.1 Å². The Balaban J connectivity index is 2.05. The highest BCUT2D eigenvalue weighted by Gasteiger charge is 2.37. The van der Waals surface area contributed by atoms with Gasteiger partial charge in [0.1, 0.15) is 0 Å². The summed E-state index contributed by atoms with van der Waals surface area (Å²) in [6.45, 7) is 9.13. The van der Waals surface area contributed by atoms with E-state index in [4.69, 9.17) is 5.73 Å². The van der Waals surface area contributed by atoms with Crippen LogP contribution in [0.4, 0.5) is 0 Å². The summed E-state index contributed by atoms with van der Waals surface area (Å²) in [5, 5.41) is 3.41. The molecule has 1 heterocycles. The van der Waals surface area contributed by atoms with Crippen LogP contribution < -0.4 is 5.73 Å². The lowest BCUT2D eigenvalue weighted by atomic mass is 9.65. The highest BCUT2D eigenvalue weighted by molar-refractivity contribution is 7.09. The second kappa shape index (κ2) is 5.30. The van der Waals surface area contributed by atoms with Crippen molar-refractivity contribution < 1.29 is 0 Å². The summed E-state index contributed by atoms with van der Waals surface area (Å²) in [5.41, 5.74) is 7.81. The van der Waals surface area contributed by atoms with Gasteiger partial charge in [-0.1, -0.05) is 27.2 Å². The number of thiazole rings is 1. The molecule has 1 aromatic rings. The Hall–Kier alpha value is -0.410. The van der Waals surface area contributed by atoms with Crippen LogP contribution in [0.5, 0.6) is 0 Å². The van der Waals surface area contributed by atoms with Gasteiger partial charge in [0.2, 0.25) is 0 Å². The van der Waals surface area contributed by atoms with Crippen LogP contribution >= 0.6 is 11.3 Å². The molecule has 2 nitrogen and oxygen atoms in total. The molecule has 0 aromatic carbocycles. The maximum Gasteiger partial charge on any atom is 0.0933 e. The summed E-state index contributed by atoms with van der Waals surface area (Å²) in [6, 6.07) is 0.366. The van der Waals surface area contributed by atoms with Crippen molar-refractivity contribution in [1.82, 2.24) is 4.98 Å². The highest BCUT2D eigenvalue weighted by atomic mass is 32.1. The van der Waals surface area contributed by atoms with Gasteiger partial charge in [0, 0.05) is 23.5 Å². The van der Waals surface area contributed by atoms with E-state index in [1.807, 2.05) is 0 Å². The molecule has 3 atom stereocenters. The van der Waals surface area contributed by atoms with E-state index in [1.54, 1.807) is 11.3 Å². The summed E-state index contributed by atoms with van der Waals surface area (Å²) in [6.07, 6.45) is 4.86. The predicted octanol–water partition coefficient (Wildman–Crippen LogP) is 3.78. The molecule has 18 heavy (non-hydrogen) atoms. The Morgan fingerprint density at radius 2 is 2.17 bits per heavy atom. The summed E-state index contributed by atoms with van der Waals surface area (Å²) in [7, 11) is 0. The molecule has 0 radical (unpaired) electrons. The number of aromatic nitrogens is 1. The molecule has 1 aromatic heterocycles. The van der Waals surface area contributed by atoms with E-state index < -0.39 is 0 Å². The Bertz CT molecular complexity index is 397. The Labute approximate surface area is 115 Å². The zero-order valence-corrected chi connectivity index (χ0v) is 12.9. The molecule has 102 valence electrons. The average molecular weight is 266 g/mol. The molecule has 0 saturated heterocycles. The SMILES string of the molecule is Cc1csc(CC(C)(C)C2CCC(C)CC2N)n1. The normalized spacial score (nSPS) is 29.5. The van der Waals surface area contributed by atoms with Crippen LogP contribution in [0.25, 0.3) is 0 Å². The van der Waals surface area contributed by atoms with E-state index in [1.165, 1.54) is 24.3 Å². The number of nitrogens with two attached hydrogens (primary N) is 1. The first-order valence-corrected chi connectivity index (χ1v) is 7.93. The lowest BCUT2D eigenvalue weighted by Gasteiger charge is -2.42.